The molecule has 0 bridgehead atoms. The van der Waals surface area contributed by atoms with Gasteiger partial charge in [0, 0.05) is 0 Å². The summed E-state index contributed by atoms with van der Waals surface area (Å²) in [5.74, 6) is 0. The van der Waals surface area contributed by atoms with Gasteiger partial charge in [0.1, 0.15) is 0 Å². The topological polar surface area (TPSA) is 0 Å². The van der Waals surface area contributed by atoms with Gasteiger partial charge in [-0.2, -0.15) is 0 Å². The van der Waals surface area contributed by atoms with Crippen LogP contribution in [0.3, 0.4) is 0 Å². The summed E-state index contributed by atoms with van der Waals surface area (Å²) in [6.45, 7) is 9.53. The normalized spacial score (nSPS) is 15.3. The van der Waals surface area contributed by atoms with E-state index >= 15 is 0 Å². The number of rotatable bonds is 6. The average molecular weight is 683 g/mol. The van der Waals surface area contributed by atoms with E-state index in [9.17, 15) is 0 Å². The van der Waals surface area contributed by atoms with Gasteiger partial charge in [-0.15, -0.1) is 0 Å². The zero-order valence-corrected chi connectivity index (χ0v) is 29.6. The minimum Gasteiger partial charge on any atom is -1.00 e. The van der Waals surface area contributed by atoms with Crippen molar-refractivity contribution in [2.75, 3.05) is 0 Å². The van der Waals surface area contributed by atoms with Gasteiger partial charge in [-0.25, -0.2) is 0 Å². The van der Waals surface area contributed by atoms with Crippen LogP contribution in [0.25, 0.3) is 11.1 Å². The summed E-state index contributed by atoms with van der Waals surface area (Å²) >= 11 is -2.10. The molecule has 0 saturated heterocycles. The fraction of sp³-hybridized carbons (Fsp3) is 0.275. The molecule has 7 rings (SSSR count). The Bertz CT molecular complexity index is 1620. The quantitative estimate of drug-likeness (QED) is 0.286. The first-order chi connectivity index (χ1) is 19.9. The van der Waals surface area contributed by atoms with Crippen LogP contribution in [0.1, 0.15) is 90.4 Å². The molecule has 3 aliphatic rings. The van der Waals surface area contributed by atoms with E-state index in [2.05, 4.69) is 143 Å². The molecular formula is C40H40Cl2Zr. The van der Waals surface area contributed by atoms with Crippen molar-refractivity contribution in [1.82, 2.24) is 0 Å². The molecule has 0 radical (unpaired) electrons. The van der Waals surface area contributed by atoms with E-state index in [4.69, 9.17) is 0 Å². The monoisotopic (exact) mass is 680 g/mol. The predicted molar refractivity (Wildman–Crippen MR) is 172 cm³/mol. The largest absolute Gasteiger partial charge is 1.00 e. The number of benzene rings is 4. The average Bonchev–Trinajstić information content (AvgIpc) is 3.62. The fourth-order valence-electron chi connectivity index (χ4n) is 7.27. The van der Waals surface area contributed by atoms with E-state index in [1.54, 1.807) is 14.4 Å². The second-order valence-electron chi connectivity index (χ2n) is 13.2. The van der Waals surface area contributed by atoms with Gasteiger partial charge < -0.3 is 24.8 Å². The van der Waals surface area contributed by atoms with Crippen LogP contribution in [0.2, 0.25) is 0 Å². The van der Waals surface area contributed by atoms with Crippen LogP contribution in [0.15, 0.2) is 119 Å². The summed E-state index contributed by atoms with van der Waals surface area (Å²) in [6.07, 6.45) is 12.5. The number of halogens is 2. The van der Waals surface area contributed by atoms with Crippen molar-refractivity contribution in [3.63, 3.8) is 0 Å². The summed E-state index contributed by atoms with van der Waals surface area (Å²) in [5.41, 5.74) is 11.6. The number of fused-ring (bicyclic) bond motifs is 3. The zero-order valence-electron chi connectivity index (χ0n) is 25.6. The van der Waals surface area contributed by atoms with Gasteiger partial charge in [0.2, 0.25) is 0 Å². The Morgan fingerprint density at radius 2 is 1.09 bits per heavy atom. The number of hydrogen-bond acceptors (Lipinski definition) is 0. The van der Waals surface area contributed by atoms with Crippen molar-refractivity contribution >= 4 is 3.21 Å². The maximum atomic E-state index is 2.56. The van der Waals surface area contributed by atoms with Gasteiger partial charge in [-0.3, -0.25) is 0 Å². The molecule has 0 nitrogen and oxygen atoms in total. The third-order valence-corrected chi connectivity index (χ3v) is 18.9. The van der Waals surface area contributed by atoms with E-state index in [1.807, 2.05) is 3.21 Å². The maximum absolute atomic E-state index is 2.56. The van der Waals surface area contributed by atoms with Crippen LogP contribution in [-0.4, -0.2) is 3.21 Å². The first kappa shape index (κ1) is 32.1. The molecule has 4 aromatic carbocycles. The first-order valence-corrected chi connectivity index (χ1v) is 19.2. The predicted octanol–water partition coefficient (Wildman–Crippen LogP) is 4.23. The molecule has 0 heterocycles. The van der Waals surface area contributed by atoms with Gasteiger partial charge in [0.05, 0.1) is 0 Å². The SMILES string of the molecule is CC(C)(c1ccccc1)c1ccc2c(c1)-c1cc(C(C)(C)c3ccccc3)ccc1[CH]2[Zr+2]([C]1=CC=CC1)=[C]1CCC1.[Cl-].[Cl-]. The van der Waals surface area contributed by atoms with Gasteiger partial charge in [-0.1, -0.05) is 0 Å². The molecular weight excluding hydrogens is 643 g/mol. The van der Waals surface area contributed by atoms with E-state index in [-0.39, 0.29) is 35.6 Å². The van der Waals surface area contributed by atoms with Crippen molar-refractivity contribution in [3.8, 4) is 11.1 Å². The molecule has 1 fully saturated rings. The summed E-state index contributed by atoms with van der Waals surface area (Å²) in [6, 6.07) is 37.1. The minimum atomic E-state index is -2.10. The van der Waals surface area contributed by atoms with E-state index in [1.165, 1.54) is 59.1 Å². The van der Waals surface area contributed by atoms with Crippen LogP contribution in [0.5, 0.6) is 0 Å². The Hall–Kier alpha value is -2.31. The Morgan fingerprint density at radius 1 is 0.605 bits per heavy atom. The Kier molecular flexibility index (Phi) is 9.40. The molecule has 0 N–H and O–H groups in total. The van der Waals surface area contributed by atoms with Gasteiger partial charge in [0.15, 0.2) is 0 Å². The van der Waals surface area contributed by atoms with Crippen LogP contribution in [0, 0.1) is 0 Å². The van der Waals surface area contributed by atoms with Crippen LogP contribution in [-0.2, 0) is 32.1 Å². The third-order valence-electron chi connectivity index (χ3n) is 10.2. The molecule has 218 valence electrons. The number of hydrogen-bond donors (Lipinski definition) is 0. The molecule has 43 heavy (non-hydrogen) atoms. The van der Waals surface area contributed by atoms with Gasteiger partial charge >= 0.3 is 255 Å². The second kappa shape index (κ2) is 12.6. The summed E-state index contributed by atoms with van der Waals surface area (Å²) in [7, 11) is 0. The Morgan fingerprint density at radius 3 is 1.49 bits per heavy atom. The molecule has 0 amide bonds. The second-order valence-corrected chi connectivity index (χ2v) is 20.0. The van der Waals surface area contributed by atoms with Crippen LogP contribution in [0.4, 0.5) is 0 Å². The van der Waals surface area contributed by atoms with Crippen molar-refractivity contribution in [3.05, 3.63) is 152 Å². The van der Waals surface area contributed by atoms with E-state index in [0.717, 1.165) is 0 Å². The van der Waals surface area contributed by atoms with Crippen molar-refractivity contribution in [2.24, 2.45) is 0 Å². The molecule has 4 aromatic rings. The van der Waals surface area contributed by atoms with Crippen molar-refractivity contribution < 1.29 is 46.1 Å². The molecule has 3 heteroatoms. The summed E-state index contributed by atoms with van der Waals surface area (Å²) in [4.78, 5) is 0. The molecule has 0 aliphatic heterocycles. The summed E-state index contributed by atoms with van der Waals surface area (Å²) < 4.78 is 4.34. The maximum Gasteiger partial charge on any atom is -1.00 e. The molecule has 3 aliphatic carbocycles. The minimum absolute atomic E-state index is 0. The molecule has 1 saturated carbocycles. The van der Waals surface area contributed by atoms with E-state index in [0.29, 0.717) is 3.63 Å². The molecule has 0 unspecified atom stereocenters. The smallest absolute Gasteiger partial charge is 1.00 e. The first-order valence-electron chi connectivity index (χ1n) is 15.3. The third kappa shape index (κ3) is 5.56. The van der Waals surface area contributed by atoms with Crippen molar-refractivity contribution in [1.29, 1.82) is 0 Å². The standard InChI is InChI=1S/C31H29.C5H5.C4H6.2ClH.Zr/c1-30(2,24-11-7-5-8-12-24)26-17-15-22-19-23-16-18-27(21-29(23)28(22)20-26)31(3,4)25-13-9-6-10-14-25;1-2-4-5-3-1;1-2-4-3-1;;;/h5-21H,1-4H3;1-3H,4H2;1-3H2;2*1H;/q;;;;;+2/p-2. The molecule has 0 aromatic heterocycles. The molecule has 0 spiro atoms. The number of allylic oxidation sites excluding steroid dienone is 4. The van der Waals surface area contributed by atoms with Gasteiger partial charge in [0.25, 0.3) is 0 Å². The van der Waals surface area contributed by atoms with Crippen LogP contribution >= 0.6 is 0 Å². The Balaban J connectivity index is 0.00000184. The summed E-state index contributed by atoms with van der Waals surface area (Å²) in [5, 5.41) is 0. The zero-order chi connectivity index (χ0) is 28.2. The van der Waals surface area contributed by atoms with Crippen molar-refractivity contribution in [2.45, 2.75) is 67.8 Å². The van der Waals surface area contributed by atoms with Gasteiger partial charge in [-0.05, 0) is 0 Å². The molecule has 0 atom stereocenters. The van der Waals surface area contributed by atoms with E-state index < -0.39 is 21.3 Å². The Labute approximate surface area is 278 Å². The van der Waals surface area contributed by atoms with Crippen LogP contribution < -0.4 is 24.8 Å². The fourth-order valence-corrected chi connectivity index (χ4v) is 16.8.